The fourth-order valence-corrected chi connectivity index (χ4v) is 2.88. The van der Waals surface area contributed by atoms with Gasteiger partial charge in [-0.3, -0.25) is 0 Å². The Morgan fingerprint density at radius 1 is 0.500 bits per heavy atom. The first-order valence-corrected chi connectivity index (χ1v) is 7.93. The quantitative estimate of drug-likeness (QED) is 0.467. The Labute approximate surface area is 135 Å². The zero-order valence-electron chi connectivity index (χ0n) is 10.7. The van der Waals surface area contributed by atoms with E-state index in [0.29, 0.717) is 0 Å². The van der Waals surface area contributed by atoms with Gasteiger partial charge >= 0.3 is 0 Å². The molecule has 0 atom stereocenters. The van der Waals surface area contributed by atoms with Crippen molar-refractivity contribution < 1.29 is 0 Å². The molecule has 0 aromatic heterocycles. The zero-order valence-corrected chi connectivity index (χ0v) is 13.9. The van der Waals surface area contributed by atoms with Gasteiger partial charge in [-0.15, -0.1) is 0 Å². The lowest BCUT2D eigenvalue weighted by Crippen LogP contribution is -1.85. The Morgan fingerprint density at radius 3 is 1.80 bits per heavy atom. The molecule has 98 valence electrons. The third kappa shape index (κ3) is 2.87. The van der Waals surface area contributed by atoms with Crippen LogP contribution in [0.5, 0.6) is 0 Å². The first kappa shape index (κ1) is 13.6. The first-order chi connectivity index (χ1) is 9.74. The molecule has 0 aliphatic carbocycles. The summed E-state index contributed by atoms with van der Waals surface area (Å²) in [5.74, 6) is 0. The van der Waals surface area contributed by atoms with Gasteiger partial charge < -0.3 is 0 Å². The van der Waals surface area contributed by atoms with E-state index in [0.717, 1.165) is 8.95 Å². The van der Waals surface area contributed by atoms with Crippen molar-refractivity contribution in [1.82, 2.24) is 0 Å². The van der Waals surface area contributed by atoms with Crippen molar-refractivity contribution in [1.29, 1.82) is 0 Å². The van der Waals surface area contributed by atoms with E-state index in [4.69, 9.17) is 0 Å². The number of hydrogen-bond acceptors (Lipinski definition) is 0. The topological polar surface area (TPSA) is 0 Å². The van der Waals surface area contributed by atoms with Gasteiger partial charge in [-0.1, -0.05) is 80.4 Å². The molecule has 0 spiro atoms. The Kier molecular flexibility index (Phi) is 4.04. The predicted octanol–water partition coefficient (Wildman–Crippen LogP) is 6.55. The molecule has 0 unspecified atom stereocenters. The van der Waals surface area contributed by atoms with Crippen LogP contribution in [0.2, 0.25) is 0 Å². The Hall–Kier alpha value is -1.38. The minimum absolute atomic E-state index is 1.09. The molecule has 0 amide bonds. The van der Waals surface area contributed by atoms with Crippen LogP contribution in [0.25, 0.3) is 22.3 Å². The van der Waals surface area contributed by atoms with Gasteiger partial charge in [0.2, 0.25) is 0 Å². The smallest absolute Gasteiger partial charge is 0.0181 e. The van der Waals surface area contributed by atoms with Gasteiger partial charge in [-0.2, -0.15) is 0 Å². The number of rotatable bonds is 2. The monoisotopic (exact) mass is 386 g/mol. The maximum Gasteiger partial charge on any atom is 0.0181 e. The number of halogens is 2. The molecule has 0 fully saturated rings. The van der Waals surface area contributed by atoms with Crippen molar-refractivity contribution in [2.24, 2.45) is 0 Å². The summed E-state index contributed by atoms with van der Waals surface area (Å²) < 4.78 is 2.19. The molecule has 0 aliphatic rings. The molecule has 0 aliphatic heterocycles. The van der Waals surface area contributed by atoms with Crippen LogP contribution in [-0.4, -0.2) is 0 Å². The minimum Gasteiger partial charge on any atom is -0.0622 e. The Morgan fingerprint density at radius 2 is 1.10 bits per heavy atom. The third-order valence-electron chi connectivity index (χ3n) is 3.22. The lowest BCUT2D eigenvalue weighted by molar-refractivity contribution is 1.55. The van der Waals surface area contributed by atoms with Gasteiger partial charge in [-0.05, 0) is 46.5 Å². The molecule has 20 heavy (non-hydrogen) atoms. The fraction of sp³-hybridized carbons (Fsp3) is 0. The van der Waals surface area contributed by atoms with E-state index in [1.807, 2.05) is 6.07 Å². The molecular formula is C18H12Br2. The maximum atomic E-state index is 3.57. The Balaban J connectivity index is 2.19. The van der Waals surface area contributed by atoms with E-state index in [1.165, 1.54) is 22.3 Å². The van der Waals surface area contributed by atoms with Gasteiger partial charge in [0.1, 0.15) is 0 Å². The third-order valence-corrected chi connectivity index (χ3v) is 4.24. The molecule has 3 rings (SSSR count). The van der Waals surface area contributed by atoms with Crippen LogP contribution in [0.3, 0.4) is 0 Å². The summed E-state index contributed by atoms with van der Waals surface area (Å²) in [5.41, 5.74) is 4.93. The summed E-state index contributed by atoms with van der Waals surface area (Å²) in [4.78, 5) is 0. The largest absolute Gasteiger partial charge is 0.0622 e. The second-order valence-corrected chi connectivity index (χ2v) is 6.39. The molecule has 2 heteroatoms. The van der Waals surface area contributed by atoms with Gasteiger partial charge in [0.15, 0.2) is 0 Å². The molecule has 0 bridgehead atoms. The van der Waals surface area contributed by atoms with Gasteiger partial charge in [0, 0.05) is 8.95 Å². The van der Waals surface area contributed by atoms with Crippen LogP contribution >= 0.6 is 31.9 Å². The zero-order chi connectivity index (χ0) is 13.9. The van der Waals surface area contributed by atoms with E-state index >= 15 is 0 Å². The van der Waals surface area contributed by atoms with E-state index in [1.54, 1.807) is 0 Å². The van der Waals surface area contributed by atoms with Gasteiger partial charge in [-0.25, -0.2) is 0 Å². The Bertz CT molecular complexity index is 716. The highest BCUT2D eigenvalue weighted by Crippen LogP contribution is 2.34. The maximum absolute atomic E-state index is 3.57. The number of hydrogen-bond donors (Lipinski definition) is 0. The first-order valence-electron chi connectivity index (χ1n) is 6.35. The highest BCUT2D eigenvalue weighted by Gasteiger charge is 2.07. The summed E-state index contributed by atoms with van der Waals surface area (Å²) in [5, 5.41) is 0. The minimum atomic E-state index is 1.09. The molecule has 3 aromatic carbocycles. The van der Waals surface area contributed by atoms with E-state index < -0.39 is 0 Å². The van der Waals surface area contributed by atoms with Crippen molar-refractivity contribution >= 4 is 31.9 Å². The summed E-state index contributed by atoms with van der Waals surface area (Å²) in [6, 6.07) is 25.3. The fourth-order valence-electron chi connectivity index (χ4n) is 2.25. The summed E-state index contributed by atoms with van der Waals surface area (Å²) in [7, 11) is 0. The summed E-state index contributed by atoms with van der Waals surface area (Å²) in [6.45, 7) is 0. The van der Waals surface area contributed by atoms with E-state index in [2.05, 4.69) is 98.6 Å². The second kappa shape index (κ2) is 5.94. The second-order valence-electron chi connectivity index (χ2n) is 4.56. The summed E-state index contributed by atoms with van der Waals surface area (Å²) in [6.07, 6.45) is 0. The average Bonchev–Trinajstić information content (AvgIpc) is 2.49. The lowest BCUT2D eigenvalue weighted by atomic mass is 9.95. The molecule has 3 aromatic rings. The standard InChI is InChI=1S/C18H12Br2/c19-15-8-6-14(7-9-15)18-12-16(20)10-11-17(18)13-4-2-1-3-5-13/h1-12H. The lowest BCUT2D eigenvalue weighted by Gasteiger charge is -2.11. The van der Waals surface area contributed by atoms with Crippen molar-refractivity contribution in [2.75, 3.05) is 0 Å². The van der Waals surface area contributed by atoms with Crippen LogP contribution < -0.4 is 0 Å². The highest BCUT2D eigenvalue weighted by atomic mass is 79.9. The molecular weight excluding hydrogens is 376 g/mol. The van der Waals surface area contributed by atoms with Gasteiger partial charge in [0.05, 0.1) is 0 Å². The average molecular weight is 388 g/mol. The summed E-state index contributed by atoms with van der Waals surface area (Å²) >= 11 is 7.06. The van der Waals surface area contributed by atoms with Gasteiger partial charge in [0.25, 0.3) is 0 Å². The molecule has 0 nitrogen and oxygen atoms in total. The molecule has 0 saturated carbocycles. The SMILES string of the molecule is Brc1ccc(-c2cc(Br)ccc2-c2ccccc2)cc1. The van der Waals surface area contributed by atoms with Crippen molar-refractivity contribution in [3.8, 4) is 22.3 Å². The van der Waals surface area contributed by atoms with E-state index in [-0.39, 0.29) is 0 Å². The molecule has 0 N–H and O–H groups in total. The van der Waals surface area contributed by atoms with Crippen LogP contribution in [0.4, 0.5) is 0 Å². The van der Waals surface area contributed by atoms with Crippen molar-refractivity contribution in [3.63, 3.8) is 0 Å². The van der Waals surface area contributed by atoms with Crippen molar-refractivity contribution in [3.05, 3.63) is 81.7 Å². The van der Waals surface area contributed by atoms with Crippen LogP contribution in [-0.2, 0) is 0 Å². The van der Waals surface area contributed by atoms with Crippen LogP contribution in [0.15, 0.2) is 81.7 Å². The predicted molar refractivity (Wildman–Crippen MR) is 92.7 cm³/mol. The van der Waals surface area contributed by atoms with E-state index in [9.17, 15) is 0 Å². The molecule has 0 saturated heterocycles. The van der Waals surface area contributed by atoms with Crippen molar-refractivity contribution in [2.45, 2.75) is 0 Å². The van der Waals surface area contributed by atoms with Crippen LogP contribution in [0.1, 0.15) is 0 Å². The molecule has 0 heterocycles. The number of benzene rings is 3. The van der Waals surface area contributed by atoms with Crippen LogP contribution in [0, 0.1) is 0 Å². The molecule has 0 radical (unpaired) electrons. The highest BCUT2D eigenvalue weighted by molar-refractivity contribution is 9.10. The normalized spacial score (nSPS) is 10.5.